The van der Waals surface area contributed by atoms with Crippen LogP contribution < -0.4 is 0 Å². The third-order valence-corrected chi connectivity index (χ3v) is 5.41. The first-order valence-corrected chi connectivity index (χ1v) is 9.43. The summed E-state index contributed by atoms with van der Waals surface area (Å²) in [7, 11) is -3.66. The van der Waals surface area contributed by atoms with Gasteiger partial charge in [-0.3, -0.25) is 0 Å². The molecule has 0 unspecified atom stereocenters. The third-order valence-electron chi connectivity index (χ3n) is 3.61. The van der Waals surface area contributed by atoms with Crippen molar-refractivity contribution in [1.29, 1.82) is 0 Å². The molecule has 2 rings (SSSR count). The highest BCUT2D eigenvalue weighted by molar-refractivity contribution is 7.89. The molecule has 0 amide bonds. The molecule has 0 heterocycles. The van der Waals surface area contributed by atoms with E-state index < -0.39 is 10.0 Å². The summed E-state index contributed by atoms with van der Waals surface area (Å²) in [4.78, 5) is 0.233. The van der Waals surface area contributed by atoms with Gasteiger partial charge >= 0.3 is 0 Å². The van der Waals surface area contributed by atoms with Crippen LogP contribution in [0.4, 0.5) is 0 Å². The Morgan fingerprint density at radius 1 is 1.00 bits per heavy atom. The number of hydrogen-bond donors (Lipinski definition) is 0. The quantitative estimate of drug-likeness (QED) is 0.785. The van der Waals surface area contributed by atoms with Gasteiger partial charge < -0.3 is 0 Å². The fourth-order valence-corrected chi connectivity index (χ4v) is 3.42. The van der Waals surface area contributed by atoms with Gasteiger partial charge in [0.2, 0.25) is 10.0 Å². The summed E-state index contributed by atoms with van der Waals surface area (Å²) in [5.74, 6) is 14.0. The number of nitrogens with zero attached hydrogens (tertiary/aromatic N) is 1. The molecule has 0 aromatic heterocycles. The van der Waals surface area contributed by atoms with Crippen molar-refractivity contribution in [3.8, 4) is 36.0 Å². The molecule has 2 aromatic rings. The fourth-order valence-electron chi connectivity index (χ4n) is 2.17. The van der Waals surface area contributed by atoms with Gasteiger partial charge in [0, 0.05) is 11.1 Å². The maximum absolute atomic E-state index is 12.9. The topological polar surface area (TPSA) is 37.4 Å². The van der Waals surface area contributed by atoms with E-state index in [0.717, 1.165) is 16.7 Å². The number of sulfonamides is 1. The van der Waals surface area contributed by atoms with Crippen molar-refractivity contribution < 1.29 is 8.42 Å². The van der Waals surface area contributed by atoms with Crippen molar-refractivity contribution in [1.82, 2.24) is 4.31 Å². The number of terminal acetylenes is 1. The molecule has 130 valence electrons. The van der Waals surface area contributed by atoms with Gasteiger partial charge in [-0.25, -0.2) is 8.42 Å². The summed E-state index contributed by atoms with van der Waals surface area (Å²) in [6, 6.07) is 14.0. The monoisotopic (exact) mass is 361 g/mol. The summed E-state index contributed by atoms with van der Waals surface area (Å²) in [6.07, 6.45) is 5.38. The molecule has 0 saturated carbocycles. The molecular formula is C22H19NO2S. The fraction of sp³-hybridized carbons (Fsp3) is 0.182. The Labute approximate surface area is 156 Å². The normalized spacial score (nSPS) is 10.2. The summed E-state index contributed by atoms with van der Waals surface area (Å²) < 4.78 is 27.0. The Bertz CT molecular complexity index is 1040. The lowest BCUT2D eigenvalue weighted by Crippen LogP contribution is -2.32. The van der Waals surface area contributed by atoms with Crippen LogP contribution in [0, 0.1) is 42.9 Å². The van der Waals surface area contributed by atoms with Crippen LogP contribution in [-0.2, 0) is 10.0 Å². The first kappa shape index (κ1) is 19.4. The first-order chi connectivity index (χ1) is 12.5. The lowest BCUT2D eigenvalue weighted by molar-refractivity contribution is 0.482. The average molecular weight is 361 g/mol. The van der Waals surface area contributed by atoms with Crippen LogP contribution in [0.5, 0.6) is 0 Å². The van der Waals surface area contributed by atoms with Crippen molar-refractivity contribution in [3.63, 3.8) is 0 Å². The Kier molecular flexibility index (Phi) is 6.65. The van der Waals surface area contributed by atoms with E-state index in [1.165, 1.54) is 4.31 Å². The lowest BCUT2D eigenvalue weighted by atomic mass is 10.1. The smallest absolute Gasteiger partial charge is 0.207 e. The highest BCUT2D eigenvalue weighted by Crippen LogP contribution is 2.15. The zero-order valence-corrected chi connectivity index (χ0v) is 15.6. The molecule has 0 radical (unpaired) electrons. The zero-order valence-electron chi connectivity index (χ0n) is 14.8. The second kappa shape index (κ2) is 8.93. The predicted molar refractivity (Wildman–Crippen MR) is 105 cm³/mol. The van der Waals surface area contributed by atoms with Crippen molar-refractivity contribution in [3.05, 3.63) is 65.2 Å². The van der Waals surface area contributed by atoms with Gasteiger partial charge in [0.05, 0.1) is 18.0 Å². The molecule has 0 aliphatic carbocycles. The number of hydrogen-bond acceptors (Lipinski definition) is 2. The molecule has 0 bridgehead atoms. The minimum Gasteiger partial charge on any atom is -0.207 e. The van der Waals surface area contributed by atoms with Gasteiger partial charge in [0.25, 0.3) is 0 Å². The van der Waals surface area contributed by atoms with Crippen LogP contribution in [0.3, 0.4) is 0 Å². The minimum absolute atomic E-state index is 0.0468. The van der Waals surface area contributed by atoms with Crippen LogP contribution >= 0.6 is 0 Å². The van der Waals surface area contributed by atoms with Gasteiger partial charge in [-0.05, 0) is 44.2 Å². The van der Waals surface area contributed by atoms with E-state index in [-0.39, 0.29) is 18.0 Å². The van der Waals surface area contributed by atoms with Crippen molar-refractivity contribution >= 4 is 10.0 Å². The Morgan fingerprint density at radius 2 is 1.65 bits per heavy atom. The van der Waals surface area contributed by atoms with Crippen LogP contribution in [0.2, 0.25) is 0 Å². The molecule has 3 nitrogen and oxygen atoms in total. The van der Waals surface area contributed by atoms with Crippen LogP contribution in [0.1, 0.15) is 23.6 Å². The third kappa shape index (κ3) is 5.01. The molecule has 0 N–H and O–H groups in total. The SMILES string of the molecule is C#Cc1cccc(C#CCN(CC#CC)S(=O)(=O)c2ccc(C)cc2)c1. The van der Waals surface area contributed by atoms with E-state index in [2.05, 4.69) is 29.6 Å². The maximum atomic E-state index is 12.9. The van der Waals surface area contributed by atoms with Crippen molar-refractivity contribution in [2.45, 2.75) is 18.7 Å². The summed E-state index contributed by atoms with van der Waals surface area (Å²) in [6.45, 7) is 3.72. The molecule has 0 fully saturated rings. The zero-order chi connectivity index (χ0) is 19.0. The number of rotatable bonds is 4. The Hall–Kier alpha value is -2.97. The van der Waals surface area contributed by atoms with E-state index in [1.54, 1.807) is 37.3 Å². The van der Waals surface area contributed by atoms with E-state index in [4.69, 9.17) is 6.42 Å². The molecular weight excluding hydrogens is 342 g/mol. The highest BCUT2D eigenvalue weighted by atomic mass is 32.2. The van der Waals surface area contributed by atoms with Gasteiger partial charge in [0.15, 0.2) is 0 Å². The Morgan fingerprint density at radius 3 is 2.31 bits per heavy atom. The largest absolute Gasteiger partial charge is 0.244 e. The molecule has 2 aromatic carbocycles. The van der Waals surface area contributed by atoms with Crippen molar-refractivity contribution in [2.75, 3.05) is 13.1 Å². The molecule has 0 atom stereocenters. The van der Waals surface area contributed by atoms with Gasteiger partial charge in [-0.15, -0.1) is 12.3 Å². The Balaban J connectivity index is 2.27. The molecule has 0 aliphatic heterocycles. The summed E-state index contributed by atoms with van der Waals surface area (Å²) >= 11 is 0. The summed E-state index contributed by atoms with van der Waals surface area (Å²) in [5, 5.41) is 0. The molecule has 0 spiro atoms. The second-order valence-electron chi connectivity index (χ2n) is 5.54. The van der Waals surface area contributed by atoms with E-state index >= 15 is 0 Å². The molecule has 26 heavy (non-hydrogen) atoms. The van der Waals surface area contributed by atoms with E-state index in [0.29, 0.717) is 0 Å². The lowest BCUT2D eigenvalue weighted by Gasteiger charge is -2.17. The highest BCUT2D eigenvalue weighted by Gasteiger charge is 2.22. The first-order valence-electron chi connectivity index (χ1n) is 7.99. The molecule has 0 saturated heterocycles. The second-order valence-corrected chi connectivity index (χ2v) is 7.48. The van der Waals surface area contributed by atoms with E-state index in [9.17, 15) is 8.42 Å². The van der Waals surface area contributed by atoms with Crippen LogP contribution in [-0.4, -0.2) is 25.8 Å². The van der Waals surface area contributed by atoms with E-state index in [1.807, 2.05) is 25.1 Å². The standard InChI is InChI=1S/C22H19NO2S/c1-4-6-16-23(26(24,25)22-14-12-19(3)13-15-22)17-8-11-21-10-7-9-20(5-2)18-21/h2,7,9-10,12-15,18H,16-17H2,1,3H3. The van der Waals surface area contributed by atoms with Gasteiger partial charge in [-0.1, -0.05) is 47.4 Å². The van der Waals surface area contributed by atoms with Crippen LogP contribution in [0.15, 0.2) is 53.4 Å². The molecule has 0 aliphatic rings. The minimum atomic E-state index is -3.66. The van der Waals surface area contributed by atoms with Gasteiger partial charge in [0.1, 0.15) is 0 Å². The van der Waals surface area contributed by atoms with Crippen LogP contribution in [0.25, 0.3) is 0 Å². The summed E-state index contributed by atoms with van der Waals surface area (Å²) in [5.41, 5.74) is 2.48. The predicted octanol–water partition coefficient (Wildman–Crippen LogP) is 3.04. The maximum Gasteiger partial charge on any atom is 0.244 e. The van der Waals surface area contributed by atoms with Crippen molar-refractivity contribution in [2.24, 2.45) is 0 Å². The number of benzene rings is 2. The van der Waals surface area contributed by atoms with Gasteiger partial charge in [-0.2, -0.15) is 4.31 Å². The molecule has 4 heteroatoms. The number of aryl methyl sites for hydroxylation is 1. The average Bonchev–Trinajstić information content (AvgIpc) is 2.65.